The smallest absolute Gasteiger partial charge is 0.290 e. The maximum atomic E-state index is 13.3. The standard InChI is InChI=1S/C27H28N2O4S/c1-28(2)15-7-16-29-24(23(26(31)27(29)32)25(30)22-10-6-17-34-22)20-11-13-21(14-12-20)33-18-19-8-4-3-5-9-19/h3-6,8-14,17,24,31H,7,15-16,18H2,1-2H3/t24-/m0/s1. The van der Waals surface area contributed by atoms with Crippen LogP contribution in [-0.2, 0) is 11.4 Å². The van der Waals surface area contributed by atoms with Crippen molar-refractivity contribution in [3.05, 3.63) is 99.4 Å². The first-order valence-corrected chi connectivity index (χ1v) is 12.1. The van der Waals surface area contributed by atoms with E-state index < -0.39 is 17.7 Å². The molecule has 4 rings (SSSR count). The van der Waals surface area contributed by atoms with Gasteiger partial charge in [-0.1, -0.05) is 48.5 Å². The summed E-state index contributed by atoms with van der Waals surface area (Å²) in [6.07, 6.45) is 0.723. The van der Waals surface area contributed by atoms with Crippen molar-refractivity contribution >= 4 is 23.0 Å². The Morgan fingerprint density at radius 3 is 2.44 bits per heavy atom. The fraction of sp³-hybridized carbons (Fsp3) is 0.259. The summed E-state index contributed by atoms with van der Waals surface area (Å²) in [7, 11) is 3.94. The molecule has 7 heteroatoms. The highest BCUT2D eigenvalue weighted by Gasteiger charge is 2.43. The van der Waals surface area contributed by atoms with E-state index in [0.29, 0.717) is 23.8 Å². The maximum Gasteiger partial charge on any atom is 0.290 e. The fourth-order valence-corrected chi connectivity index (χ4v) is 4.73. The van der Waals surface area contributed by atoms with Crippen molar-refractivity contribution in [1.82, 2.24) is 9.80 Å². The Morgan fingerprint density at radius 2 is 1.79 bits per heavy atom. The molecule has 1 amide bonds. The van der Waals surface area contributed by atoms with Gasteiger partial charge in [0.05, 0.1) is 16.5 Å². The highest BCUT2D eigenvalue weighted by Crippen LogP contribution is 2.40. The van der Waals surface area contributed by atoms with Crippen molar-refractivity contribution < 1.29 is 19.4 Å². The topological polar surface area (TPSA) is 70.1 Å². The second-order valence-electron chi connectivity index (χ2n) is 8.47. The first-order valence-electron chi connectivity index (χ1n) is 11.2. The molecule has 0 bridgehead atoms. The van der Waals surface area contributed by atoms with Crippen LogP contribution in [0.5, 0.6) is 5.75 Å². The van der Waals surface area contributed by atoms with Gasteiger partial charge in [-0.2, -0.15) is 0 Å². The summed E-state index contributed by atoms with van der Waals surface area (Å²) in [5, 5.41) is 12.5. The number of thiophene rings is 1. The van der Waals surface area contributed by atoms with Gasteiger partial charge in [0, 0.05) is 6.54 Å². The number of hydrogen-bond donors (Lipinski definition) is 1. The van der Waals surface area contributed by atoms with Crippen molar-refractivity contribution in [2.24, 2.45) is 0 Å². The predicted octanol–water partition coefficient (Wildman–Crippen LogP) is 4.86. The lowest BCUT2D eigenvalue weighted by atomic mass is 9.95. The number of amides is 1. The van der Waals surface area contributed by atoms with E-state index in [4.69, 9.17) is 4.74 Å². The Bertz CT molecular complexity index is 1160. The maximum absolute atomic E-state index is 13.3. The van der Waals surface area contributed by atoms with Crippen LogP contribution >= 0.6 is 11.3 Å². The van der Waals surface area contributed by atoms with Crippen LogP contribution < -0.4 is 4.74 Å². The highest BCUT2D eigenvalue weighted by atomic mass is 32.1. The molecule has 2 heterocycles. The van der Waals surface area contributed by atoms with Gasteiger partial charge in [0.1, 0.15) is 12.4 Å². The molecule has 6 nitrogen and oxygen atoms in total. The Balaban J connectivity index is 1.59. The fourth-order valence-electron chi connectivity index (χ4n) is 4.05. The van der Waals surface area contributed by atoms with Crippen LogP contribution in [0.15, 0.2) is 83.4 Å². The molecule has 34 heavy (non-hydrogen) atoms. The number of ether oxygens (including phenoxy) is 1. The van der Waals surface area contributed by atoms with E-state index in [9.17, 15) is 14.7 Å². The van der Waals surface area contributed by atoms with Crippen molar-refractivity contribution in [2.75, 3.05) is 27.2 Å². The normalized spacial score (nSPS) is 15.9. The molecule has 1 aliphatic heterocycles. The summed E-state index contributed by atoms with van der Waals surface area (Å²) in [6, 6.07) is 20.1. The first kappa shape index (κ1) is 23.7. The van der Waals surface area contributed by atoms with Crippen LogP contribution in [0.2, 0.25) is 0 Å². The number of aliphatic hydroxyl groups is 1. The van der Waals surface area contributed by atoms with E-state index in [1.807, 2.05) is 79.0 Å². The molecule has 3 aromatic rings. The van der Waals surface area contributed by atoms with Crippen molar-refractivity contribution in [2.45, 2.75) is 19.1 Å². The monoisotopic (exact) mass is 476 g/mol. The van der Waals surface area contributed by atoms with Gasteiger partial charge >= 0.3 is 0 Å². The molecular weight excluding hydrogens is 448 g/mol. The van der Waals surface area contributed by atoms with Gasteiger partial charge in [-0.3, -0.25) is 9.59 Å². The average Bonchev–Trinajstić information content (AvgIpc) is 3.46. The summed E-state index contributed by atoms with van der Waals surface area (Å²) in [5.74, 6) is -0.591. The number of Topliss-reactive ketones (excluding diaryl/α,β-unsaturated/α-hetero) is 1. The Labute approximate surface area is 203 Å². The zero-order chi connectivity index (χ0) is 24.1. The van der Waals surface area contributed by atoms with Gasteiger partial charge in [-0.05, 0) is 61.8 Å². The molecule has 1 aliphatic rings. The lowest BCUT2D eigenvalue weighted by Gasteiger charge is -2.27. The minimum Gasteiger partial charge on any atom is -0.503 e. The zero-order valence-electron chi connectivity index (χ0n) is 19.3. The first-order chi connectivity index (χ1) is 16.5. The molecule has 176 valence electrons. The van der Waals surface area contributed by atoms with Gasteiger partial charge in [0.15, 0.2) is 5.76 Å². The molecule has 2 aromatic carbocycles. The third kappa shape index (κ3) is 5.21. The molecule has 1 N–H and O–H groups in total. The molecule has 0 aliphatic carbocycles. The number of hydrogen-bond acceptors (Lipinski definition) is 6. The van der Waals surface area contributed by atoms with E-state index in [1.165, 1.54) is 11.3 Å². The summed E-state index contributed by atoms with van der Waals surface area (Å²) >= 11 is 1.30. The van der Waals surface area contributed by atoms with E-state index in [1.54, 1.807) is 17.0 Å². The molecule has 0 spiro atoms. The summed E-state index contributed by atoms with van der Waals surface area (Å²) in [5.41, 5.74) is 1.96. The van der Waals surface area contributed by atoms with Crippen molar-refractivity contribution in [1.29, 1.82) is 0 Å². The number of rotatable bonds is 10. The third-order valence-electron chi connectivity index (χ3n) is 5.74. The minimum atomic E-state index is -0.646. The van der Waals surface area contributed by atoms with E-state index in [-0.39, 0.29) is 11.4 Å². The molecule has 1 aromatic heterocycles. The molecule has 0 fully saturated rings. The predicted molar refractivity (Wildman–Crippen MR) is 133 cm³/mol. The Kier molecular flexibility index (Phi) is 7.45. The number of carbonyl (C=O) groups is 2. The van der Waals surface area contributed by atoms with Gasteiger partial charge in [-0.15, -0.1) is 11.3 Å². The van der Waals surface area contributed by atoms with Crippen LogP contribution in [0.3, 0.4) is 0 Å². The molecule has 0 unspecified atom stereocenters. The number of ketones is 1. The van der Waals surface area contributed by atoms with Gasteiger partial charge in [0.25, 0.3) is 5.91 Å². The van der Waals surface area contributed by atoms with Gasteiger partial charge in [0.2, 0.25) is 5.78 Å². The molecule has 0 saturated carbocycles. The largest absolute Gasteiger partial charge is 0.503 e. The average molecular weight is 477 g/mol. The second-order valence-corrected chi connectivity index (χ2v) is 9.42. The van der Waals surface area contributed by atoms with Crippen LogP contribution in [0, 0.1) is 0 Å². The lowest BCUT2D eigenvalue weighted by Crippen LogP contribution is -2.33. The molecule has 1 atom stereocenters. The van der Waals surface area contributed by atoms with Crippen LogP contribution in [0.4, 0.5) is 0 Å². The second kappa shape index (κ2) is 10.7. The van der Waals surface area contributed by atoms with Crippen LogP contribution in [0.1, 0.15) is 33.3 Å². The highest BCUT2D eigenvalue weighted by molar-refractivity contribution is 7.12. The Hall–Kier alpha value is -3.42. The van der Waals surface area contributed by atoms with E-state index >= 15 is 0 Å². The van der Waals surface area contributed by atoms with Gasteiger partial charge in [-0.25, -0.2) is 0 Å². The number of benzene rings is 2. The number of aliphatic hydroxyl groups excluding tert-OH is 1. The minimum absolute atomic E-state index is 0.134. The number of nitrogens with zero attached hydrogens (tertiary/aromatic N) is 2. The molecule has 0 radical (unpaired) electrons. The summed E-state index contributed by atoms with van der Waals surface area (Å²) in [6.45, 7) is 1.67. The quantitative estimate of drug-likeness (QED) is 0.423. The lowest BCUT2D eigenvalue weighted by molar-refractivity contribution is -0.129. The number of carbonyl (C=O) groups excluding carboxylic acids is 2. The molecular formula is C27H28N2O4S. The zero-order valence-corrected chi connectivity index (χ0v) is 20.1. The van der Waals surface area contributed by atoms with Crippen LogP contribution in [0.25, 0.3) is 0 Å². The summed E-state index contributed by atoms with van der Waals surface area (Å²) in [4.78, 5) is 30.4. The van der Waals surface area contributed by atoms with Gasteiger partial charge < -0.3 is 19.6 Å². The van der Waals surface area contributed by atoms with E-state index in [0.717, 1.165) is 24.1 Å². The Morgan fingerprint density at radius 1 is 1.06 bits per heavy atom. The summed E-state index contributed by atoms with van der Waals surface area (Å²) < 4.78 is 5.89. The molecule has 0 saturated heterocycles. The third-order valence-corrected chi connectivity index (χ3v) is 6.61. The van der Waals surface area contributed by atoms with E-state index in [2.05, 4.69) is 0 Å². The van der Waals surface area contributed by atoms with Crippen molar-refractivity contribution in [3.8, 4) is 5.75 Å². The SMILES string of the molecule is CN(C)CCCN1C(=O)C(O)=C(C(=O)c2cccs2)[C@@H]1c1ccc(OCc2ccccc2)cc1. The van der Waals surface area contributed by atoms with Crippen molar-refractivity contribution in [3.63, 3.8) is 0 Å². The van der Waals surface area contributed by atoms with Crippen LogP contribution in [-0.4, -0.2) is 53.8 Å².